The van der Waals surface area contributed by atoms with Crippen LogP contribution in [0.3, 0.4) is 0 Å². The van der Waals surface area contributed by atoms with Crippen LogP contribution in [0, 0.1) is 11.6 Å². The summed E-state index contributed by atoms with van der Waals surface area (Å²) in [5, 5.41) is 0. The van der Waals surface area contributed by atoms with E-state index in [1.165, 1.54) is 23.3 Å². The number of allylic oxidation sites excluding steroid dienone is 1. The summed E-state index contributed by atoms with van der Waals surface area (Å²) >= 11 is 0. The number of benzene rings is 2. The van der Waals surface area contributed by atoms with E-state index in [0.29, 0.717) is 5.56 Å². The molecule has 1 aliphatic carbocycles. The van der Waals surface area contributed by atoms with Crippen LogP contribution in [0.15, 0.2) is 42.0 Å². The van der Waals surface area contributed by atoms with Crippen molar-refractivity contribution < 1.29 is 34.6 Å². The molecule has 0 amide bonds. The third kappa shape index (κ3) is 2.76. The third-order valence-corrected chi connectivity index (χ3v) is 3.23. The van der Waals surface area contributed by atoms with Gasteiger partial charge in [-0.3, -0.25) is 0 Å². The van der Waals surface area contributed by atoms with Crippen LogP contribution in [0.1, 0.15) is 18.1 Å². The van der Waals surface area contributed by atoms with Crippen LogP contribution in [0.5, 0.6) is 0 Å². The molecule has 1 aliphatic rings. The maximum absolute atomic E-state index is 13.3. The van der Waals surface area contributed by atoms with Crippen molar-refractivity contribution in [2.75, 3.05) is 0 Å². The Hall–Kier alpha value is -1.09. The summed E-state index contributed by atoms with van der Waals surface area (Å²) in [6.07, 6.45) is 3.01. The van der Waals surface area contributed by atoms with E-state index in [1.54, 1.807) is 0 Å². The molecule has 3 rings (SSSR count). The molecule has 0 aromatic heterocycles. The van der Waals surface area contributed by atoms with Crippen molar-refractivity contribution in [2.45, 2.75) is 13.3 Å². The molecule has 0 saturated carbocycles. The minimum absolute atomic E-state index is 0. The summed E-state index contributed by atoms with van der Waals surface area (Å²) in [5.74, 6) is -1.08. The molecule has 3 heteroatoms. The van der Waals surface area contributed by atoms with Crippen molar-refractivity contribution in [1.82, 2.24) is 0 Å². The van der Waals surface area contributed by atoms with Gasteiger partial charge >= 0.3 is 0 Å². The zero-order valence-electron chi connectivity index (χ0n) is 10.5. The first-order valence-corrected chi connectivity index (χ1v) is 5.89. The molecule has 0 heterocycles. The second-order valence-corrected chi connectivity index (χ2v) is 4.70. The monoisotopic (exact) mass is 422 g/mol. The van der Waals surface area contributed by atoms with Crippen molar-refractivity contribution in [3.05, 3.63) is 64.7 Å². The molecule has 2 aromatic rings. The topological polar surface area (TPSA) is 0 Å². The predicted octanol–water partition coefficient (Wildman–Crippen LogP) is 4.59. The zero-order valence-corrected chi connectivity index (χ0v) is 14.1. The predicted molar refractivity (Wildman–Crippen MR) is 69.1 cm³/mol. The molecular weight excluding hydrogens is 409 g/mol. The van der Waals surface area contributed by atoms with Gasteiger partial charge in [0.15, 0.2) is 0 Å². The number of hydrogen-bond acceptors (Lipinski definition) is 0. The molecular formula is C16H12F2Hf. The average Bonchev–Trinajstić information content (AvgIpc) is 2.67. The summed E-state index contributed by atoms with van der Waals surface area (Å²) in [5.41, 5.74) is 5.06. The second kappa shape index (κ2) is 5.50. The minimum atomic E-state index is -0.540. The molecule has 0 unspecified atom stereocenters. The van der Waals surface area contributed by atoms with E-state index in [4.69, 9.17) is 0 Å². The van der Waals surface area contributed by atoms with Crippen LogP contribution in [-0.4, -0.2) is 0 Å². The van der Waals surface area contributed by atoms with Gasteiger partial charge in [0, 0.05) is 31.9 Å². The largest absolute Gasteiger partial charge is 0.207 e. The molecule has 0 atom stereocenters. The maximum atomic E-state index is 13.3. The first-order chi connectivity index (χ1) is 8.63. The van der Waals surface area contributed by atoms with Crippen molar-refractivity contribution >= 4 is 6.08 Å². The fraction of sp³-hybridized carbons (Fsp3) is 0.125. The van der Waals surface area contributed by atoms with Crippen LogP contribution < -0.4 is 0 Å². The molecule has 94 valence electrons. The normalized spacial score (nSPS) is 12.7. The standard InChI is InChI=1S/C16H12F2.Hf/c1-10-5-11-3-2-4-15(16(11)6-10)12-7-13(17)9-14(18)8-12;/h2-4,6-9H,5H2,1H3;. The molecule has 0 spiro atoms. The first-order valence-electron chi connectivity index (χ1n) is 5.89. The molecule has 0 fully saturated rings. The fourth-order valence-corrected chi connectivity index (χ4v) is 2.50. The first kappa shape index (κ1) is 14.3. The van der Waals surface area contributed by atoms with Gasteiger partial charge in [0.1, 0.15) is 11.6 Å². The van der Waals surface area contributed by atoms with E-state index in [0.717, 1.165) is 23.6 Å². The van der Waals surface area contributed by atoms with Crippen LogP contribution >= 0.6 is 0 Å². The quantitative estimate of drug-likeness (QED) is 0.592. The maximum Gasteiger partial charge on any atom is 0.126 e. The smallest absolute Gasteiger partial charge is 0.126 e. The Balaban J connectivity index is 0.00000133. The van der Waals surface area contributed by atoms with Gasteiger partial charge in [-0.05, 0) is 47.7 Å². The number of hydrogen-bond donors (Lipinski definition) is 0. The van der Waals surface area contributed by atoms with E-state index in [1.807, 2.05) is 12.1 Å². The van der Waals surface area contributed by atoms with E-state index < -0.39 is 11.6 Å². The number of halogens is 2. The Morgan fingerprint density at radius 3 is 2.37 bits per heavy atom. The summed E-state index contributed by atoms with van der Waals surface area (Å²) in [7, 11) is 0. The molecule has 19 heavy (non-hydrogen) atoms. The van der Waals surface area contributed by atoms with Gasteiger partial charge in [0.25, 0.3) is 0 Å². The average molecular weight is 421 g/mol. The van der Waals surface area contributed by atoms with Gasteiger partial charge in [-0.15, -0.1) is 0 Å². The Morgan fingerprint density at radius 1 is 1.00 bits per heavy atom. The van der Waals surface area contributed by atoms with Crippen molar-refractivity contribution in [2.24, 2.45) is 0 Å². The van der Waals surface area contributed by atoms with E-state index >= 15 is 0 Å². The number of fused-ring (bicyclic) bond motifs is 1. The van der Waals surface area contributed by atoms with Gasteiger partial charge in [-0.1, -0.05) is 29.8 Å². The Bertz CT molecular complexity index is 640. The molecule has 0 bridgehead atoms. The van der Waals surface area contributed by atoms with Gasteiger partial charge in [0.2, 0.25) is 0 Å². The molecule has 2 aromatic carbocycles. The summed E-state index contributed by atoms with van der Waals surface area (Å²) in [6, 6.07) is 9.54. The van der Waals surface area contributed by atoms with Crippen LogP contribution in [0.2, 0.25) is 0 Å². The van der Waals surface area contributed by atoms with E-state index in [9.17, 15) is 8.78 Å². The van der Waals surface area contributed by atoms with Crippen molar-refractivity contribution in [1.29, 1.82) is 0 Å². The van der Waals surface area contributed by atoms with Crippen molar-refractivity contribution in [3.63, 3.8) is 0 Å². The van der Waals surface area contributed by atoms with Gasteiger partial charge < -0.3 is 0 Å². The molecule has 0 nitrogen and oxygen atoms in total. The second-order valence-electron chi connectivity index (χ2n) is 4.70. The molecule has 0 N–H and O–H groups in total. The molecule has 0 saturated heterocycles. The van der Waals surface area contributed by atoms with Gasteiger partial charge in [0.05, 0.1) is 0 Å². The Morgan fingerprint density at radius 2 is 1.68 bits per heavy atom. The van der Waals surface area contributed by atoms with E-state index in [2.05, 4.69) is 19.1 Å². The van der Waals surface area contributed by atoms with Crippen LogP contribution in [0.25, 0.3) is 17.2 Å². The fourth-order valence-electron chi connectivity index (χ4n) is 2.50. The summed E-state index contributed by atoms with van der Waals surface area (Å²) < 4.78 is 26.6. The zero-order chi connectivity index (χ0) is 12.7. The molecule has 0 aliphatic heterocycles. The van der Waals surface area contributed by atoms with Gasteiger partial charge in [-0.2, -0.15) is 0 Å². The SMILES string of the molecule is CC1=Cc2c(cccc2-c2cc(F)cc(F)c2)C1.[Hf]. The van der Waals surface area contributed by atoms with Crippen LogP contribution in [0.4, 0.5) is 8.78 Å². The van der Waals surface area contributed by atoms with E-state index in [-0.39, 0.29) is 25.8 Å². The summed E-state index contributed by atoms with van der Waals surface area (Å²) in [6.45, 7) is 2.07. The summed E-state index contributed by atoms with van der Waals surface area (Å²) in [4.78, 5) is 0. The van der Waals surface area contributed by atoms with Gasteiger partial charge in [-0.25, -0.2) is 8.78 Å². The van der Waals surface area contributed by atoms with Crippen LogP contribution in [-0.2, 0) is 32.3 Å². The molecule has 0 radical (unpaired) electrons. The third-order valence-electron chi connectivity index (χ3n) is 3.23. The van der Waals surface area contributed by atoms with Crippen molar-refractivity contribution in [3.8, 4) is 11.1 Å². The minimum Gasteiger partial charge on any atom is -0.207 e. The number of rotatable bonds is 1. The Labute approximate surface area is 129 Å². The Kier molecular flexibility index (Phi) is 4.14.